The molecule has 1 aromatic carbocycles. The molecule has 2 rings (SSSR count). The fourth-order valence-corrected chi connectivity index (χ4v) is 4.12. The molecule has 0 saturated carbocycles. The minimum absolute atomic E-state index is 0.0808. The number of hydrogen-bond donors (Lipinski definition) is 9. The van der Waals surface area contributed by atoms with E-state index in [4.69, 9.17) is 17.2 Å². The van der Waals surface area contributed by atoms with Crippen LogP contribution in [0.4, 0.5) is 0 Å². The molecule has 1 heterocycles. The summed E-state index contributed by atoms with van der Waals surface area (Å²) in [5, 5.41) is 26.8. The third-order valence-electron chi connectivity index (χ3n) is 6.34. The minimum atomic E-state index is -1.63. The molecular formula is C26H37N7O8. The zero-order valence-corrected chi connectivity index (χ0v) is 22.4. The maximum atomic E-state index is 13.3. The average Bonchev–Trinajstić information content (AvgIpc) is 3.32. The Morgan fingerprint density at radius 3 is 2.12 bits per heavy atom. The predicted octanol–water partition coefficient (Wildman–Crippen LogP) is -1.55. The summed E-state index contributed by atoms with van der Waals surface area (Å²) in [4.78, 5) is 76.3. The lowest BCUT2D eigenvalue weighted by molar-refractivity contribution is -0.143. The molecule has 0 aliphatic heterocycles. The Labute approximate surface area is 235 Å². The van der Waals surface area contributed by atoms with E-state index >= 15 is 0 Å². The van der Waals surface area contributed by atoms with Gasteiger partial charge in [0.25, 0.3) is 0 Å². The SMILES string of the molecule is NCCCCC(NC(=O)C(Cc1c[nH]c2ccccc12)NC(=O)C(CC(=O)O)NC(=O)C(N)CCC(N)=O)C(=O)O. The highest BCUT2D eigenvalue weighted by molar-refractivity contribution is 5.96. The topological polar surface area (TPSA) is 273 Å². The van der Waals surface area contributed by atoms with E-state index in [1.807, 2.05) is 6.07 Å². The summed E-state index contributed by atoms with van der Waals surface area (Å²) in [7, 11) is 0. The van der Waals surface area contributed by atoms with Gasteiger partial charge in [0.1, 0.15) is 18.1 Å². The number of nitrogens with one attached hydrogen (secondary N) is 4. The molecule has 15 nitrogen and oxygen atoms in total. The van der Waals surface area contributed by atoms with Crippen LogP contribution < -0.4 is 33.2 Å². The van der Waals surface area contributed by atoms with Crippen LogP contribution >= 0.6 is 0 Å². The number of carbonyl (C=O) groups excluding carboxylic acids is 4. The van der Waals surface area contributed by atoms with Crippen molar-refractivity contribution in [2.24, 2.45) is 17.2 Å². The van der Waals surface area contributed by atoms with E-state index in [-0.39, 0.29) is 25.7 Å². The second kappa shape index (κ2) is 15.9. The highest BCUT2D eigenvalue weighted by atomic mass is 16.4. The highest BCUT2D eigenvalue weighted by Crippen LogP contribution is 2.19. The number of rotatable bonds is 18. The van der Waals surface area contributed by atoms with Gasteiger partial charge in [-0.1, -0.05) is 18.2 Å². The standard InChI is InChI=1S/C26H37N7O8/c27-10-4-3-7-18(26(40)41)31-24(38)19(11-14-13-30-17-6-2-1-5-15(14)17)33-25(39)20(12-22(35)36)32-23(37)16(28)8-9-21(29)34/h1-2,5-6,13,16,18-20,30H,3-4,7-12,27-28H2,(H2,29,34)(H,31,38)(H,32,37)(H,33,39)(H,35,36)(H,40,41). The molecule has 1 aromatic heterocycles. The van der Waals surface area contributed by atoms with Gasteiger partial charge in [-0.2, -0.15) is 0 Å². The molecule has 0 saturated heterocycles. The van der Waals surface area contributed by atoms with Crippen LogP contribution in [-0.2, 0) is 35.2 Å². The molecule has 2 aromatic rings. The van der Waals surface area contributed by atoms with E-state index in [1.165, 1.54) is 0 Å². The number of carbonyl (C=O) groups is 6. The summed E-state index contributed by atoms with van der Waals surface area (Å²) in [6.45, 7) is 0.350. The number of nitrogens with two attached hydrogens (primary N) is 3. The van der Waals surface area contributed by atoms with Crippen molar-refractivity contribution in [3.63, 3.8) is 0 Å². The number of unbranched alkanes of at least 4 members (excludes halogenated alkanes) is 1. The summed E-state index contributed by atoms with van der Waals surface area (Å²) in [5.74, 6) is -6.09. The van der Waals surface area contributed by atoms with Crippen molar-refractivity contribution in [3.8, 4) is 0 Å². The number of fused-ring (bicyclic) bond motifs is 1. The van der Waals surface area contributed by atoms with Crippen LogP contribution in [0.15, 0.2) is 30.5 Å². The molecule has 15 heteroatoms. The third kappa shape index (κ3) is 10.5. The number of hydrogen-bond acceptors (Lipinski definition) is 8. The maximum Gasteiger partial charge on any atom is 0.326 e. The van der Waals surface area contributed by atoms with Crippen molar-refractivity contribution in [3.05, 3.63) is 36.0 Å². The Morgan fingerprint density at radius 2 is 1.49 bits per heavy atom. The van der Waals surface area contributed by atoms with Crippen molar-refractivity contribution in [2.75, 3.05) is 6.54 Å². The Morgan fingerprint density at radius 1 is 0.854 bits per heavy atom. The van der Waals surface area contributed by atoms with E-state index in [2.05, 4.69) is 20.9 Å². The summed E-state index contributed by atoms with van der Waals surface area (Å²) in [5.41, 5.74) is 17.7. The molecule has 4 unspecified atom stereocenters. The molecular weight excluding hydrogens is 538 g/mol. The van der Waals surface area contributed by atoms with Crippen molar-refractivity contribution in [1.82, 2.24) is 20.9 Å². The lowest BCUT2D eigenvalue weighted by atomic mass is 10.0. The fourth-order valence-electron chi connectivity index (χ4n) is 4.12. The van der Waals surface area contributed by atoms with Gasteiger partial charge >= 0.3 is 11.9 Å². The number of carboxylic acids is 2. The van der Waals surface area contributed by atoms with Crippen LogP contribution in [0.25, 0.3) is 10.9 Å². The van der Waals surface area contributed by atoms with Crippen molar-refractivity contribution < 1.29 is 39.0 Å². The molecule has 0 aliphatic rings. The molecule has 4 amide bonds. The zero-order valence-electron chi connectivity index (χ0n) is 22.4. The number of primary amides is 1. The number of amides is 4. The largest absolute Gasteiger partial charge is 0.481 e. The molecule has 12 N–H and O–H groups in total. The van der Waals surface area contributed by atoms with Gasteiger partial charge in [0.2, 0.25) is 23.6 Å². The van der Waals surface area contributed by atoms with Gasteiger partial charge in [0.15, 0.2) is 0 Å². The first-order valence-corrected chi connectivity index (χ1v) is 13.1. The molecule has 0 spiro atoms. The lowest BCUT2D eigenvalue weighted by Crippen LogP contribution is -2.58. The Kier molecular flexibility index (Phi) is 12.7. The second-order valence-corrected chi connectivity index (χ2v) is 9.58. The van der Waals surface area contributed by atoms with E-state index in [1.54, 1.807) is 24.4 Å². The molecule has 0 fully saturated rings. The number of aliphatic carboxylic acids is 2. The van der Waals surface area contributed by atoms with Crippen molar-refractivity contribution >= 4 is 46.5 Å². The second-order valence-electron chi connectivity index (χ2n) is 9.58. The smallest absolute Gasteiger partial charge is 0.326 e. The summed E-state index contributed by atoms with van der Waals surface area (Å²) >= 11 is 0. The van der Waals surface area contributed by atoms with E-state index in [0.717, 1.165) is 10.9 Å². The van der Waals surface area contributed by atoms with Crippen LogP contribution in [-0.4, -0.2) is 81.5 Å². The number of para-hydroxylation sites is 1. The first kappa shape index (κ1) is 32.7. The van der Waals surface area contributed by atoms with Gasteiger partial charge in [-0.15, -0.1) is 0 Å². The Bertz CT molecular complexity index is 1250. The summed E-state index contributed by atoms with van der Waals surface area (Å²) < 4.78 is 0. The number of benzene rings is 1. The van der Waals surface area contributed by atoms with E-state index in [9.17, 15) is 39.0 Å². The molecule has 0 aliphatic carbocycles. The fraction of sp³-hybridized carbons (Fsp3) is 0.462. The van der Waals surface area contributed by atoms with Gasteiger partial charge in [0, 0.05) is 29.9 Å². The van der Waals surface area contributed by atoms with Gasteiger partial charge in [-0.05, 0) is 43.9 Å². The predicted molar refractivity (Wildman–Crippen MR) is 147 cm³/mol. The van der Waals surface area contributed by atoms with Gasteiger partial charge < -0.3 is 48.3 Å². The normalized spacial score (nSPS) is 13.9. The van der Waals surface area contributed by atoms with E-state index < -0.39 is 66.2 Å². The zero-order chi connectivity index (χ0) is 30.5. The first-order chi connectivity index (χ1) is 19.4. The van der Waals surface area contributed by atoms with Gasteiger partial charge in [0.05, 0.1) is 12.5 Å². The molecule has 4 atom stereocenters. The van der Waals surface area contributed by atoms with Gasteiger partial charge in [-0.3, -0.25) is 24.0 Å². The monoisotopic (exact) mass is 575 g/mol. The maximum absolute atomic E-state index is 13.3. The van der Waals surface area contributed by atoms with Crippen molar-refractivity contribution in [1.29, 1.82) is 0 Å². The van der Waals surface area contributed by atoms with Crippen LogP contribution in [0.2, 0.25) is 0 Å². The highest BCUT2D eigenvalue weighted by Gasteiger charge is 2.32. The average molecular weight is 576 g/mol. The number of aromatic nitrogens is 1. The lowest BCUT2D eigenvalue weighted by Gasteiger charge is -2.24. The molecule has 41 heavy (non-hydrogen) atoms. The summed E-state index contributed by atoms with van der Waals surface area (Å²) in [6, 6.07) is 1.73. The Balaban J connectivity index is 2.29. The number of aromatic amines is 1. The minimum Gasteiger partial charge on any atom is -0.481 e. The van der Waals surface area contributed by atoms with Crippen molar-refractivity contribution in [2.45, 2.75) is 69.1 Å². The molecule has 224 valence electrons. The van der Waals surface area contributed by atoms with E-state index in [0.29, 0.717) is 24.9 Å². The third-order valence-corrected chi connectivity index (χ3v) is 6.34. The summed E-state index contributed by atoms with van der Waals surface area (Å²) in [6.07, 6.45) is 1.49. The first-order valence-electron chi connectivity index (χ1n) is 13.1. The number of H-pyrrole nitrogens is 1. The number of carboxylic acid groups (broad SMARTS) is 2. The van der Waals surface area contributed by atoms with Crippen LogP contribution in [0, 0.1) is 0 Å². The molecule has 0 bridgehead atoms. The quantitative estimate of drug-likeness (QED) is 0.0922. The van der Waals surface area contributed by atoms with Crippen LogP contribution in [0.5, 0.6) is 0 Å². The molecule has 0 radical (unpaired) electrons. The van der Waals surface area contributed by atoms with Gasteiger partial charge in [-0.25, -0.2) is 4.79 Å². The van der Waals surface area contributed by atoms with Crippen LogP contribution in [0.3, 0.4) is 0 Å². The van der Waals surface area contributed by atoms with Crippen LogP contribution in [0.1, 0.15) is 44.1 Å². The Hall–Kier alpha value is -4.50.